The molecule has 0 N–H and O–H groups in total. The number of terminal acetylenes is 8. The van der Waals surface area contributed by atoms with Crippen LogP contribution in [0, 0.1) is 98.8 Å². The molecule has 0 unspecified atom stereocenters. The minimum absolute atomic E-state index is 0. The molecular weight excluding hydrogens is 1140 g/mol. The third-order valence-electron chi connectivity index (χ3n) is 11.7. The van der Waals surface area contributed by atoms with E-state index in [2.05, 4.69) is 58.0 Å². The molecule has 376 valence electrons. The van der Waals surface area contributed by atoms with Crippen molar-refractivity contribution in [2.45, 2.75) is 10.8 Å². The van der Waals surface area contributed by atoms with E-state index in [0.717, 1.165) is 0 Å². The van der Waals surface area contributed by atoms with Gasteiger partial charge in [0.25, 0.3) is 0 Å². The third-order valence-corrected chi connectivity index (χ3v) is 11.7. The van der Waals surface area contributed by atoms with Crippen LogP contribution < -0.4 is 37.9 Å². The molecule has 0 atom stereocenters. The Morgan fingerprint density at radius 1 is 0.325 bits per heavy atom. The molecular formula is C64H44N2O10W. The molecule has 12 nitrogen and oxygen atoms in total. The Morgan fingerprint density at radius 2 is 0.545 bits per heavy atom. The number of hydrogen-bond donors (Lipinski definition) is 0. The molecule has 8 rings (SSSR count). The summed E-state index contributed by atoms with van der Waals surface area (Å²) in [5.74, 6) is 21.6. The van der Waals surface area contributed by atoms with Gasteiger partial charge in [-0.05, 0) is 81.9 Å². The van der Waals surface area contributed by atoms with Gasteiger partial charge >= 0.3 is 21.1 Å². The summed E-state index contributed by atoms with van der Waals surface area (Å²) in [6.45, 7) is 0.0796. The van der Waals surface area contributed by atoms with Crippen LogP contribution in [0.2, 0.25) is 0 Å². The monoisotopic (exact) mass is 1180 g/mol. The minimum Gasteiger partial charge on any atom is -0.625 e. The van der Waals surface area contributed by atoms with Gasteiger partial charge in [-0.1, -0.05) is 120 Å². The number of benzene rings is 6. The fraction of sp³-hybridized carbons (Fsp3) is 0.156. The van der Waals surface area contributed by atoms with Crippen molar-refractivity contribution in [3.8, 4) is 145 Å². The fourth-order valence-corrected chi connectivity index (χ4v) is 8.69. The second-order valence-electron chi connectivity index (χ2n) is 16.0. The van der Waals surface area contributed by atoms with E-state index in [1.807, 2.05) is 36.4 Å². The van der Waals surface area contributed by atoms with Crippen LogP contribution in [-0.4, -0.2) is 64.7 Å². The zero-order chi connectivity index (χ0) is 53.9. The second kappa shape index (κ2) is 26.7. The fourth-order valence-electron chi connectivity index (χ4n) is 8.69. The number of nitrogens with zero attached hydrogens (tertiary/aromatic N) is 2. The molecule has 2 amide bonds. The van der Waals surface area contributed by atoms with Crippen molar-refractivity contribution in [1.29, 1.82) is 0 Å². The van der Waals surface area contributed by atoms with E-state index in [0.29, 0.717) is 90.8 Å². The Bertz CT molecular complexity index is 3130. The third kappa shape index (κ3) is 11.6. The maximum Gasteiger partial charge on any atom is 2.00 e. The van der Waals surface area contributed by atoms with Crippen molar-refractivity contribution in [1.82, 2.24) is 0 Å². The van der Waals surface area contributed by atoms with Crippen molar-refractivity contribution in [3.05, 3.63) is 165 Å². The first-order valence-electron chi connectivity index (χ1n) is 23.0. The number of fused-ring (bicyclic) bond motifs is 2. The summed E-state index contributed by atoms with van der Waals surface area (Å²) in [6.07, 6.45) is 43.2. The van der Waals surface area contributed by atoms with Gasteiger partial charge in [0, 0.05) is 0 Å². The number of hydrogen-bond acceptors (Lipinski definition) is 10. The van der Waals surface area contributed by atoms with Gasteiger partial charge in [0.05, 0.1) is 22.6 Å². The van der Waals surface area contributed by atoms with E-state index in [9.17, 15) is 9.59 Å². The SMILES string of the molecule is C#CCOc1ccc(C2(c3ccc(OCC#C)c(OCC#C)c3)C(=O)[N-]c3ccccc32)cc1OCC#C.C#CCOc1ccc(C2(c3ccc(OCC#C)c(OCC#C)c3)C(=O)[N-]c3ccccc32)cc1OCC#C.[W+2]. The number of carbonyl (C=O) groups excluding carboxylic acids is 2. The van der Waals surface area contributed by atoms with Crippen LogP contribution in [0.1, 0.15) is 33.4 Å². The molecule has 0 bridgehead atoms. The molecule has 13 heteroatoms. The molecule has 0 aliphatic carbocycles. The first kappa shape index (κ1) is 56.1. The summed E-state index contributed by atoms with van der Waals surface area (Å²) in [4.78, 5) is 27.8. The average Bonchev–Trinajstić information content (AvgIpc) is 4.00. The molecule has 0 saturated carbocycles. The Morgan fingerprint density at radius 3 is 0.779 bits per heavy atom. The van der Waals surface area contributed by atoms with Gasteiger partial charge < -0.3 is 58.1 Å². The van der Waals surface area contributed by atoms with Crippen molar-refractivity contribution >= 4 is 23.2 Å². The smallest absolute Gasteiger partial charge is 0.625 e. The number of rotatable bonds is 20. The summed E-state index contributed by atoms with van der Waals surface area (Å²) >= 11 is 0. The van der Waals surface area contributed by atoms with Gasteiger partial charge in [0.2, 0.25) is 0 Å². The summed E-state index contributed by atoms with van der Waals surface area (Å²) in [5, 5.41) is 8.77. The zero-order valence-electron chi connectivity index (χ0n) is 41.2. The Balaban J connectivity index is 0.000000246. The van der Waals surface area contributed by atoms with Crippen LogP contribution in [0.15, 0.2) is 121 Å². The molecule has 2 aliphatic rings. The minimum atomic E-state index is -1.34. The quantitative estimate of drug-likeness (QED) is 0.0681. The van der Waals surface area contributed by atoms with Crippen LogP contribution in [0.25, 0.3) is 10.6 Å². The molecule has 6 aromatic carbocycles. The molecule has 0 radical (unpaired) electrons. The summed E-state index contributed by atoms with van der Waals surface area (Å²) < 4.78 is 45.7. The van der Waals surface area contributed by atoms with Crippen LogP contribution in [0.4, 0.5) is 11.4 Å². The predicted octanol–water partition coefficient (Wildman–Crippen LogP) is 9.23. The molecule has 0 spiro atoms. The normalized spacial score (nSPS) is 12.3. The van der Waals surface area contributed by atoms with Crippen molar-refractivity contribution in [2.75, 3.05) is 52.9 Å². The van der Waals surface area contributed by atoms with Gasteiger partial charge in [-0.3, -0.25) is 0 Å². The summed E-state index contributed by atoms with van der Waals surface area (Å²) in [7, 11) is 0. The molecule has 2 aliphatic heterocycles. The summed E-state index contributed by atoms with van der Waals surface area (Å²) in [6, 6.07) is 35.3. The first-order chi connectivity index (χ1) is 37.2. The first-order valence-corrected chi connectivity index (χ1v) is 23.0. The Kier molecular flexibility index (Phi) is 19.4. The average molecular weight is 1180 g/mol. The molecule has 77 heavy (non-hydrogen) atoms. The van der Waals surface area contributed by atoms with E-state index in [1.165, 1.54) is 0 Å². The van der Waals surface area contributed by atoms with Crippen molar-refractivity contribution < 1.29 is 68.5 Å². The number of carbonyl (C=O) groups is 2. The van der Waals surface area contributed by atoms with Crippen molar-refractivity contribution in [2.24, 2.45) is 0 Å². The number of para-hydroxylation sites is 2. The maximum atomic E-state index is 13.9. The Hall–Kier alpha value is -10.2. The van der Waals surface area contributed by atoms with E-state index >= 15 is 0 Å². The van der Waals surface area contributed by atoms with Gasteiger partial charge in [0.15, 0.2) is 46.0 Å². The molecule has 0 fully saturated rings. The topological polar surface area (TPSA) is 136 Å². The van der Waals surface area contributed by atoms with E-state index in [-0.39, 0.29) is 85.7 Å². The molecule has 0 aromatic heterocycles. The van der Waals surface area contributed by atoms with Crippen LogP contribution in [-0.2, 0) is 41.5 Å². The largest absolute Gasteiger partial charge is 2.00 e. The Labute approximate surface area is 463 Å². The van der Waals surface area contributed by atoms with Crippen LogP contribution in [0.5, 0.6) is 46.0 Å². The second-order valence-corrected chi connectivity index (χ2v) is 16.0. The van der Waals surface area contributed by atoms with Gasteiger partial charge in [-0.25, -0.2) is 0 Å². The van der Waals surface area contributed by atoms with Crippen molar-refractivity contribution in [3.63, 3.8) is 0 Å². The molecule has 6 aromatic rings. The number of ether oxygens (including phenoxy) is 8. The summed E-state index contributed by atoms with van der Waals surface area (Å²) in [5.41, 5.74) is 2.12. The zero-order valence-corrected chi connectivity index (χ0v) is 44.1. The van der Waals surface area contributed by atoms with Gasteiger partial charge in [-0.15, -0.1) is 62.8 Å². The van der Waals surface area contributed by atoms with Gasteiger partial charge in [0.1, 0.15) is 52.9 Å². The molecule has 0 saturated heterocycles. The van der Waals surface area contributed by atoms with Crippen LogP contribution >= 0.6 is 0 Å². The van der Waals surface area contributed by atoms with E-state index < -0.39 is 10.8 Å². The predicted molar refractivity (Wildman–Crippen MR) is 289 cm³/mol. The molecule has 2 heterocycles. The number of amides is 2. The standard InChI is InChI=1S/2C32H23NO5.W/c2*1-5-17-35-27-15-13-23(21-29(27)37-19-7-3)32(25-11-9-10-12-26(25)33-31(32)34)24-14-16-28(36-18-6-2)30(22-24)38-20-8-4;/h2*1-4,9-16,21-22H,17-20H2,(H,33,34);/q;;+2/p-2. The van der Waals surface area contributed by atoms with Crippen LogP contribution in [0.3, 0.4) is 0 Å². The van der Waals surface area contributed by atoms with E-state index in [1.54, 1.807) is 84.9 Å². The van der Waals surface area contributed by atoms with E-state index in [4.69, 9.17) is 89.3 Å². The van der Waals surface area contributed by atoms with Gasteiger partial charge in [-0.2, -0.15) is 0 Å². The maximum absolute atomic E-state index is 13.9.